The fourth-order valence-corrected chi connectivity index (χ4v) is 3.93. The van der Waals surface area contributed by atoms with Gasteiger partial charge in [0.25, 0.3) is 0 Å². The molecule has 0 aliphatic heterocycles. The van der Waals surface area contributed by atoms with Crippen LogP contribution in [0.3, 0.4) is 0 Å². The Morgan fingerprint density at radius 2 is 1.93 bits per heavy atom. The Morgan fingerprint density at radius 1 is 1.21 bits per heavy atom. The van der Waals surface area contributed by atoms with Crippen LogP contribution in [0.2, 0.25) is 0 Å². The third-order valence-corrected chi connectivity index (χ3v) is 5.49. The summed E-state index contributed by atoms with van der Waals surface area (Å²) in [6.45, 7) is 7.94. The summed E-state index contributed by atoms with van der Waals surface area (Å²) in [5.41, 5.74) is 2.45. The Bertz CT molecular complexity index is 878. The van der Waals surface area contributed by atoms with E-state index in [1.54, 1.807) is 23.5 Å². The molecule has 0 fully saturated rings. The van der Waals surface area contributed by atoms with E-state index in [0.717, 1.165) is 42.0 Å². The molecule has 2 rings (SSSR count). The van der Waals surface area contributed by atoms with Gasteiger partial charge in [-0.05, 0) is 32.4 Å². The third kappa shape index (κ3) is 8.31. The number of guanidine groups is 1. The van der Waals surface area contributed by atoms with Crippen molar-refractivity contribution in [2.75, 3.05) is 24.1 Å². The fraction of sp³-hybridized carbons (Fsp3) is 0.444. The predicted molar refractivity (Wildman–Crippen MR) is 128 cm³/mol. The van der Waals surface area contributed by atoms with Crippen LogP contribution in [0, 0.1) is 13.8 Å². The van der Waals surface area contributed by atoms with Crippen LogP contribution >= 0.6 is 35.3 Å². The van der Waals surface area contributed by atoms with Crippen LogP contribution in [-0.2, 0) is 23.0 Å². The average molecular weight is 537 g/mol. The summed E-state index contributed by atoms with van der Waals surface area (Å²) in [5, 5.41) is 7.62. The lowest BCUT2D eigenvalue weighted by atomic mass is 10.2. The van der Waals surface area contributed by atoms with E-state index in [1.807, 2.05) is 26.0 Å². The van der Waals surface area contributed by atoms with Crippen LogP contribution in [0.5, 0.6) is 0 Å². The summed E-state index contributed by atoms with van der Waals surface area (Å²) in [5.74, 6) is 0.691. The Kier molecular flexibility index (Phi) is 10.2. The highest BCUT2D eigenvalue weighted by atomic mass is 127. The summed E-state index contributed by atoms with van der Waals surface area (Å²) in [7, 11) is -3.33. The van der Waals surface area contributed by atoms with E-state index >= 15 is 0 Å². The van der Waals surface area contributed by atoms with Crippen molar-refractivity contribution in [1.29, 1.82) is 0 Å². The molecular weight excluding hydrogens is 509 g/mol. The van der Waals surface area contributed by atoms with E-state index in [-0.39, 0.29) is 24.0 Å². The number of nitrogens with one attached hydrogen (secondary N) is 3. The highest BCUT2D eigenvalue weighted by Crippen LogP contribution is 2.17. The lowest BCUT2D eigenvalue weighted by molar-refractivity contribution is 0.606. The first-order valence-corrected chi connectivity index (χ1v) is 11.5. The molecule has 2 aromatic rings. The number of aryl methyl sites for hydroxylation is 2. The first-order valence-electron chi connectivity index (χ1n) is 8.79. The summed E-state index contributed by atoms with van der Waals surface area (Å²) < 4.78 is 25.6. The van der Waals surface area contributed by atoms with Crippen LogP contribution < -0.4 is 15.4 Å². The molecule has 0 amide bonds. The van der Waals surface area contributed by atoms with Crippen molar-refractivity contribution in [2.24, 2.45) is 4.99 Å². The van der Waals surface area contributed by atoms with Gasteiger partial charge in [-0.1, -0.05) is 18.2 Å². The summed E-state index contributed by atoms with van der Waals surface area (Å²) in [6, 6.07) is 7.26. The normalized spacial score (nSPS) is 11.6. The molecule has 28 heavy (non-hydrogen) atoms. The molecule has 0 aliphatic carbocycles. The number of halogens is 1. The minimum atomic E-state index is -3.33. The maximum Gasteiger partial charge on any atom is 0.229 e. The minimum Gasteiger partial charge on any atom is -0.357 e. The molecule has 0 spiro atoms. The summed E-state index contributed by atoms with van der Waals surface area (Å²) >= 11 is 1.72. The number of aliphatic imine (C=N–C) groups is 1. The number of rotatable bonds is 8. The Hall–Kier alpha value is -1.40. The molecule has 3 N–H and O–H groups in total. The topological polar surface area (TPSA) is 95.5 Å². The predicted octanol–water partition coefficient (Wildman–Crippen LogP) is 3.05. The number of hydrogen-bond donors (Lipinski definition) is 3. The van der Waals surface area contributed by atoms with E-state index in [1.165, 1.54) is 4.88 Å². The largest absolute Gasteiger partial charge is 0.357 e. The van der Waals surface area contributed by atoms with Crippen molar-refractivity contribution in [3.05, 3.63) is 45.4 Å². The van der Waals surface area contributed by atoms with E-state index in [0.29, 0.717) is 18.2 Å². The van der Waals surface area contributed by atoms with E-state index < -0.39 is 10.0 Å². The van der Waals surface area contributed by atoms with Gasteiger partial charge in [0.05, 0.1) is 29.2 Å². The van der Waals surface area contributed by atoms with E-state index in [2.05, 4.69) is 32.3 Å². The average Bonchev–Trinajstić information content (AvgIpc) is 2.90. The molecule has 1 heterocycles. The molecule has 10 heteroatoms. The molecule has 156 valence electrons. The van der Waals surface area contributed by atoms with Gasteiger partial charge in [0, 0.05) is 24.4 Å². The maximum absolute atomic E-state index is 11.5. The Labute approximate surface area is 188 Å². The van der Waals surface area contributed by atoms with E-state index in [9.17, 15) is 8.42 Å². The standard InChI is InChI=1S/C18H27N5O2S2.HI/c1-5-19-18(20-11-10-17-22-13(2)14(3)26-17)21-12-15-8-6-7-9-16(15)23-27(4,24)25;/h6-9,23H,5,10-12H2,1-4H3,(H2,19,20,21);1H. The molecule has 0 atom stereocenters. The number of aromatic nitrogens is 1. The van der Waals surface area contributed by atoms with Crippen molar-refractivity contribution in [3.8, 4) is 0 Å². The van der Waals surface area contributed by atoms with Crippen molar-refractivity contribution in [2.45, 2.75) is 33.7 Å². The second-order valence-electron chi connectivity index (χ2n) is 6.15. The fourth-order valence-electron chi connectivity index (χ4n) is 2.40. The molecule has 7 nitrogen and oxygen atoms in total. The molecule has 1 aromatic heterocycles. The monoisotopic (exact) mass is 537 g/mol. The van der Waals surface area contributed by atoms with Crippen molar-refractivity contribution >= 4 is 57.0 Å². The van der Waals surface area contributed by atoms with Crippen LogP contribution in [0.4, 0.5) is 5.69 Å². The van der Waals surface area contributed by atoms with Gasteiger partial charge < -0.3 is 10.6 Å². The molecule has 0 bridgehead atoms. The highest BCUT2D eigenvalue weighted by molar-refractivity contribution is 14.0. The van der Waals surface area contributed by atoms with E-state index in [4.69, 9.17) is 0 Å². The second kappa shape index (κ2) is 11.6. The molecule has 0 aliphatic rings. The number of nitrogens with zero attached hydrogens (tertiary/aromatic N) is 2. The number of hydrogen-bond acceptors (Lipinski definition) is 5. The molecule has 0 saturated carbocycles. The van der Waals surface area contributed by atoms with Gasteiger partial charge in [0.1, 0.15) is 0 Å². The van der Waals surface area contributed by atoms with Gasteiger partial charge in [-0.25, -0.2) is 18.4 Å². The van der Waals surface area contributed by atoms with Crippen molar-refractivity contribution in [1.82, 2.24) is 15.6 Å². The quantitative estimate of drug-likeness (QED) is 0.274. The first kappa shape index (κ1) is 24.6. The lowest BCUT2D eigenvalue weighted by Gasteiger charge is -2.12. The minimum absolute atomic E-state index is 0. The third-order valence-electron chi connectivity index (χ3n) is 3.77. The Balaban J connectivity index is 0.00000392. The number of para-hydroxylation sites is 1. The zero-order valence-electron chi connectivity index (χ0n) is 16.6. The smallest absolute Gasteiger partial charge is 0.229 e. The van der Waals surface area contributed by atoms with Crippen LogP contribution in [0.1, 0.15) is 28.1 Å². The number of sulfonamides is 1. The summed E-state index contributed by atoms with van der Waals surface area (Å²) in [6.07, 6.45) is 1.97. The van der Waals surface area contributed by atoms with Gasteiger partial charge in [-0.2, -0.15) is 0 Å². The lowest BCUT2D eigenvalue weighted by Crippen LogP contribution is -2.38. The van der Waals surface area contributed by atoms with Gasteiger partial charge in [0.15, 0.2) is 5.96 Å². The van der Waals surface area contributed by atoms with Crippen LogP contribution in [-0.4, -0.2) is 38.7 Å². The SMILES string of the molecule is CCNC(=NCc1ccccc1NS(C)(=O)=O)NCCc1nc(C)c(C)s1.I. The molecule has 0 unspecified atom stereocenters. The second-order valence-corrected chi connectivity index (χ2v) is 9.19. The molecule has 0 saturated heterocycles. The molecular formula is C18H28IN5O2S2. The van der Waals surface area contributed by atoms with Gasteiger partial charge in [-0.15, -0.1) is 35.3 Å². The maximum atomic E-state index is 11.5. The number of anilines is 1. The Morgan fingerprint density at radius 3 is 2.54 bits per heavy atom. The zero-order chi connectivity index (χ0) is 19.9. The van der Waals surface area contributed by atoms with Crippen molar-refractivity contribution in [3.63, 3.8) is 0 Å². The van der Waals surface area contributed by atoms with Crippen LogP contribution in [0.15, 0.2) is 29.3 Å². The van der Waals surface area contributed by atoms with Gasteiger partial charge >= 0.3 is 0 Å². The number of benzene rings is 1. The summed E-state index contributed by atoms with van der Waals surface area (Å²) in [4.78, 5) is 10.4. The highest BCUT2D eigenvalue weighted by Gasteiger charge is 2.08. The first-order chi connectivity index (χ1) is 12.8. The zero-order valence-corrected chi connectivity index (χ0v) is 20.5. The molecule has 0 radical (unpaired) electrons. The van der Waals surface area contributed by atoms with Crippen LogP contribution in [0.25, 0.3) is 0 Å². The molecule has 1 aromatic carbocycles. The number of thiazole rings is 1. The van der Waals surface area contributed by atoms with Gasteiger partial charge in [0.2, 0.25) is 10.0 Å². The van der Waals surface area contributed by atoms with Gasteiger partial charge in [-0.3, -0.25) is 4.72 Å². The van der Waals surface area contributed by atoms with Crippen molar-refractivity contribution < 1.29 is 8.42 Å².